The molecule has 0 saturated carbocycles. The quantitative estimate of drug-likeness (QED) is 0.515. The lowest BCUT2D eigenvalue weighted by atomic mass is 9.85. The van der Waals surface area contributed by atoms with Crippen LogP contribution in [0.2, 0.25) is 0 Å². The number of hydrogen-bond donors (Lipinski definition) is 0. The zero-order chi connectivity index (χ0) is 19.6. The maximum atomic E-state index is 6.47. The van der Waals surface area contributed by atoms with E-state index >= 15 is 0 Å². The van der Waals surface area contributed by atoms with Crippen LogP contribution in [0.1, 0.15) is 55.0 Å². The van der Waals surface area contributed by atoms with Crippen LogP contribution >= 0.6 is 0 Å². The van der Waals surface area contributed by atoms with Gasteiger partial charge in [-0.1, -0.05) is 86.6 Å². The topological polar surface area (TPSA) is 21.6 Å². The van der Waals surface area contributed by atoms with E-state index in [-0.39, 0.29) is 11.6 Å². The summed E-state index contributed by atoms with van der Waals surface area (Å²) in [6.45, 7) is 6.62. The Morgan fingerprint density at radius 3 is 2.07 bits per heavy atom. The Morgan fingerprint density at radius 1 is 0.857 bits per heavy atom. The maximum absolute atomic E-state index is 6.47. The number of aliphatic imine (C=N–C) groups is 1. The molecule has 0 saturated heterocycles. The van der Waals surface area contributed by atoms with Crippen LogP contribution in [0.15, 0.2) is 89.9 Å². The molecule has 0 fully saturated rings. The van der Waals surface area contributed by atoms with Crippen molar-refractivity contribution in [3.63, 3.8) is 0 Å². The predicted octanol–water partition coefficient (Wildman–Crippen LogP) is 6.33. The van der Waals surface area contributed by atoms with E-state index in [1.165, 1.54) is 16.7 Å². The van der Waals surface area contributed by atoms with Gasteiger partial charge in [0.15, 0.2) is 6.10 Å². The summed E-state index contributed by atoms with van der Waals surface area (Å²) in [6, 6.07) is 29.6. The number of benzene rings is 3. The standard InChI is InChI=1S/C26H27NO/c1-19(2)21-14-16-23(17-15-21)25-27-26(3,18-20-10-6-4-7-11-20)24(28-25)22-12-8-5-9-13-22/h4-17,19,24H,18H2,1-3H3/t24-,26-/m0/s1. The smallest absolute Gasteiger partial charge is 0.217 e. The van der Waals surface area contributed by atoms with E-state index < -0.39 is 0 Å². The summed E-state index contributed by atoms with van der Waals surface area (Å²) in [6.07, 6.45) is 0.731. The van der Waals surface area contributed by atoms with Gasteiger partial charge in [0.05, 0.1) is 0 Å². The highest BCUT2D eigenvalue weighted by Gasteiger charge is 2.43. The summed E-state index contributed by atoms with van der Waals surface area (Å²) < 4.78 is 6.47. The van der Waals surface area contributed by atoms with Gasteiger partial charge in [-0.15, -0.1) is 0 Å². The molecule has 0 aliphatic carbocycles. The van der Waals surface area contributed by atoms with Crippen molar-refractivity contribution in [3.05, 3.63) is 107 Å². The van der Waals surface area contributed by atoms with Gasteiger partial charge in [-0.2, -0.15) is 0 Å². The van der Waals surface area contributed by atoms with Crippen LogP contribution in [0.25, 0.3) is 0 Å². The molecule has 3 aromatic rings. The molecule has 0 amide bonds. The third kappa shape index (κ3) is 3.73. The predicted molar refractivity (Wildman–Crippen MR) is 116 cm³/mol. The van der Waals surface area contributed by atoms with E-state index in [1.54, 1.807) is 0 Å². The minimum absolute atomic E-state index is 0.103. The van der Waals surface area contributed by atoms with Crippen LogP contribution in [0.5, 0.6) is 0 Å². The highest BCUT2D eigenvalue weighted by Crippen LogP contribution is 2.41. The van der Waals surface area contributed by atoms with Crippen LogP contribution < -0.4 is 0 Å². The van der Waals surface area contributed by atoms with Crippen LogP contribution in [0.4, 0.5) is 0 Å². The fourth-order valence-corrected chi connectivity index (χ4v) is 3.89. The fourth-order valence-electron chi connectivity index (χ4n) is 3.89. The van der Waals surface area contributed by atoms with E-state index in [0.717, 1.165) is 17.9 Å². The number of hydrogen-bond acceptors (Lipinski definition) is 2. The lowest BCUT2D eigenvalue weighted by Gasteiger charge is -2.28. The third-order valence-corrected chi connectivity index (χ3v) is 5.48. The molecule has 142 valence electrons. The minimum Gasteiger partial charge on any atom is -0.467 e. The Bertz CT molecular complexity index is 945. The van der Waals surface area contributed by atoms with Crippen molar-refractivity contribution in [1.82, 2.24) is 0 Å². The Morgan fingerprint density at radius 2 is 1.46 bits per heavy atom. The average molecular weight is 370 g/mol. The van der Waals surface area contributed by atoms with E-state index in [0.29, 0.717) is 5.92 Å². The van der Waals surface area contributed by atoms with Gasteiger partial charge in [0.2, 0.25) is 5.90 Å². The highest BCUT2D eigenvalue weighted by molar-refractivity contribution is 5.96. The van der Waals surface area contributed by atoms with E-state index in [4.69, 9.17) is 9.73 Å². The van der Waals surface area contributed by atoms with Crippen LogP contribution in [-0.4, -0.2) is 11.4 Å². The molecule has 3 aromatic carbocycles. The first-order chi connectivity index (χ1) is 13.5. The molecule has 2 nitrogen and oxygen atoms in total. The second-order valence-corrected chi connectivity index (χ2v) is 8.12. The van der Waals surface area contributed by atoms with Gasteiger partial charge >= 0.3 is 0 Å². The Kier molecular flexibility index (Phi) is 5.04. The van der Waals surface area contributed by atoms with Crippen molar-refractivity contribution in [2.75, 3.05) is 0 Å². The summed E-state index contributed by atoms with van der Waals surface area (Å²) >= 11 is 0. The van der Waals surface area contributed by atoms with Crippen molar-refractivity contribution >= 4 is 5.90 Å². The average Bonchev–Trinajstić information content (AvgIpc) is 3.06. The summed E-state index contributed by atoms with van der Waals surface area (Å²) in [5.74, 6) is 1.25. The molecule has 28 heavy (non-hydrogen) atoms. The summed E-state index contributed by atoms with van der Waals surface area (Å²) in [7, 11) is 0. The van der Waals surface area contributed by atoms with Gasteiger partial charge in [0, 0.05) is 12.0 Å². The SMILES string of the molecule is CC(C)c1ccc(C2=N[C@@](C)(Cc3ccccc3)[C@H](c3ccccc3)O2)cc1. The summed E-state index contributed by atoms with van der Waals surface area (Å²) in [5, 5.41) is 0. The van der Waals surface area contributed by atoms with Crippen molar-refractivity contribution in [1.29, 1.82) is 0 Å². The first-order valence-corrected chi connectivity index (χ1v) is 10.0. The van der Waals surface area contributed by atoms with Crippen LogP contribution in [0, 0.1) is 0 Å². The van der Waals surface area contributed by atoms with Gasteiger partial charge in [0.1, 0.15) is 5.54 Å². The molecule has 2 heteroatoms. The van der Waals surface area contributed by atoms with Gasteiger partial charge in [-0.05, 0) is 41.7 Å². The molecule has 2 atom stereocenters. The van der Waals surface area contributed by atoms with Crippen LogP contribution in [-0.2, 0) is 11.2 Å². The monoisotopic (exact) mass is 369 g/mol. The normalized spacial score (nSPS) is 21.4. The van der Waals surface area contributed by atoms with Gasteiger partial charge in [-0.25, -0.2) is 4.99 Å². The second-order valence-electron chi connectivity index (χ2n) is 8.12. The van der Waals surface area contributed by atoms with Crippen molar-refractivity contribution in [2.45, 2.75) is 44.8 Å². The molecular formula is C26H27NO. The molecule has 0 unspecified atom stereocenters. The third-order valence-electron chi connectivity index (χ3n) is 5.48. The molecule has 0 aromatic heterocycles. The van der Waals surface area contributed by atoms with Crippen molar-refractivity contribution in [3.8, 4) is 0 Å². The molecule has 4 rings (SSSR count). The van der Waals surface area contributed by atoms with Gasteiger partial charge in [-0.3, -0.25) is 0 Å². The zero-order valence-corrected chi connectivity index (χ0v) is 16.8. The Balaban J connectivity index is 1.70. The lowest BCUT2D eigenvalue weighted by Crippen LogP contribution is -2.30. The van der Waals surface area contributed by atoms with E-state index in [1.807, 2.05) is 6.07 Å². The second kappa shape index (κ2) is 7.63. The number of rotatable bonds is 5. The van der Waals surface area contributed by atoms with Gasteiger partial charge in [0.25, 0.3) is 0 Å². The van der Waals surface area contributed by atoms with E-state index in [2.05, 4.69) is 99.6 Å². The zero-order valence-electron chi connectivity index (χ0n) is 16.8. The molecule has 0 bridgehead atoms. The fraction of sp³-hybridized carbons (Fsp3) is 0.269. The lowest BCUT2D eigenvalue weighted by molar-refractivity contribution is 0.147. The summed E-state index contributed by atoms with van der Waals surface area (Å²) in [5.41, 5.74) is 4.46. The van der Waals surface area contributed by atoms with E-state index in [9.17, 15) is 0 Å². The molecular weight excluding hydrogens is 342 g/mol. The van der Waals surface area contributed by atoms with Crippen molar-refractivity contribution in [2.24, 2.45) is 4.99 Å². The molecule has 1 heterocycles. The molecule has 0 radical (unpaired) electrons. The molecule has 1 aliphatic heterocycles. The first-order valence-electron chi connectivity index (χ1n) is 10.0. The number of ether oxygens (including phenoxy) is 1. The Hall–Kier alpha value is -2.87. The minimum atomic E-state index is -0.352. The summed E-state index contributed by atoms with van der Waals surface area (Å²) in [4.78, 5) is 5.11. The van der Waals surface area contributed by atoms with Gasteiger partial charge < -0.3 is 4.74 Å². The molecule has 0 N–H and O–H groups in total. The maximum Gasteiger partial charge on any atom is 0.217 e. The molecule has 0 spiro atoms. The van der Waals surface area contributed by atoms with Crippen molar-refractivity contribution < 1.29 is 4.74 Å². The largest absolute Gasteiger partial charge is 0.467 e. The number of nitrogens with zero attached hydrogens (tertiary/aromatic N) is 1. The highest BCUT2D eigenvalue weighted by atomic mass is 16.5. The van der Waals surface area contributed by atoms with Crippen LogP contribution in [0.3, 0.4) is 0 Å². The molecule has 1 aliphatic rings. The first kappa shape index (κ1) is 18.5. The Labute approximate surface area is 167 Å².